The number of pyridine rings is 1. The minimum atomic E-state index is -0.0765. The number of ether oxygens (including phenoxy) is 1. The molecule has 4 nitrogen and oxygen atoms in total. The summed E-state index contributed by atoms with van der Waals surface area (Å²) < 4.78 is 5.73. The van der Waals surface area contributed by atoms with Crippen molar-refractivity contribution in [2.24, 2.45) is 0 Å². The molecule has 1 aliphatic rings. The number of piperidine rings is 1. The number of nitrogens with one attached hydrogen (secondary N) is 1. The zero-order chi connectivity index (χ0) is 14.4. The Bertz CT molecular complexity index is 386. The van der Waals surface area contributed by atoms with Crippen LogP contribution in [0.1, 0.15) is 33.6 Å². The van der Waals surface area contributed by atoms with Crippen molar-refractivity contribution in [3.63, 3.8) is 0 Å². The molecule has 2 heterocycles. The summed E-state index contributed by atoms with van der Waals surface area (Å²) in [5, 5.41) is 3.65. The van der Waals surface area contributed by atoms with E-state index in [1.54, 1.807) is 0 Å². The van der Waals surface area contributed by atoms with E-state index < -0.39 is 0 Å². The lowest BCUT2D eigenvalue weighted by atomic mass is 10.0. The summed E-state index contributed by atoms with van der Waals surface area (Å²) in [5.74, 6) is 1.10. The van der Waals surface area contributed by atoms with Crippen molar-refractivity contribution < 1.29 is 4.74 Å². The van der Waals surface area contributed by atoms with Crippen LogP contribution in [-0.2, 0) is 4.74 Å². The van der Waals surface area contributed by atoms with Crippen molar-refractivity contribution >= 4 is 5.82 Å². The van der Waals surface area contributed by atoms with E-state index in [-0.39, 0.29) is 5.60 Å². The summed E-state index contributed by atoms with van der Waals surface area (Å²) in [4.78, 5) is 6.79. The zero-order valence-corrected chi connectivity index (χ0v) is 12.9. The molecule has 0 radical (unpaired) electrons. The van der Waals surface area contributed by atoms with Gasteiger partial charge in [-0.1, -0.05) is 6.07 Å². The Hall–Kier alpha value is -1.13. The first-order valence-electron chi connectivity index (χ1n) is 7.64. The van der Waals surface area contributed by atoms with Crippen LogP contribution in [0.3, 0.4) is 0 Å². The highest BCUT2D eigenvalue weighted by molar-refractivity contribution is 5.38. The Morgan fingerprint density at radius 3 is 2.70 bits per heavy atom. The topological polar surface area (TPSA) is 37.4 Å². The van der Waals surface area contributed by atoms with Crippen molar-refractivity contribution in [3.8, 4) is 0 Å². The molecule has 20 heavy (non-hydrogen) atoms. The van der Waals surface area contributed by atoms with Crippen LogP contribution in [0.2, 0.25) is 0 Å². The Morgan fingerprint density at radius 2 is 2.10 bits per heavy atom. The molecule has 4 heteroatoms. The van der Waals surface area contributed by atoms with E-state index in [2.05, 4.69) is 41.2 Å². The van der Waals surface area contributed by atoms with Gasteiger partial charge in [-0.05, 0) is 45.7 Å². The highest BCUT2D eigenvalue weighted by Crippen LogP contribution is 2.18. The monoisotopic (exact) mass is 277 g/mol. The van der Waals surface area contributed by atoms with E-state index in [1.165, 1.54) is 12.8 Å². The van der Waals surface area contributed by atoms with Crippen molar-refractivity contribution in [1.29, 1.82) is 0 Å². The molecule has 0 bridgehead atoms. The van der Waals surface area contributed by atoms with Crippen LogP contribution >= 0.6 is 0 Å². The van der Waals surface area contributed by atoms with Gasteiger partial charge in [-0.2, -0.15) is 0 Å². The van der Waals surface area contributed by atoms with Crippen LogP contribution in [0.15, 0.2) is 24.4 Å². The van der Waals surface area contributed by atoms with E-state index in [1.807, 2.05) is 19.2 Å². The fourth-order valence-corrected chi connectivity index (χ4v) is 2.69. The molecule has 0 spiro atoms. The third-order valence-electron chi connectivity index (χ3n) is 3.82. The van der Waals surface area contributed by atoms with Gasteiger partial charge >= 0.3 is 0 Å². The van der Waals surface area contributed by atoms with Gasteiger partial charge in [0.15, 0.2) is 0 Å². The van der Waals surface area contributed by atoms with E-state index in [4.69, 9.17) is 4.74 Å². The minimum Gasteiger partial charge on any atom is -0.375 e. The summed E-state index contributed by atoms with van der Waals surface area (Å²) in [5.41, 5.74) is -0.0765. The van der Waals surface area contributed by atoms with Gasteiger partial charge in [0.1, 0.15) is 5.82 Å². The normalized spacial score (nSPS) is 17.4. The minimum absolute atomic E-state index is 0.0765. The lowest BCUT2D eigenvalue weighted by Crippen LogP contribution is -2.47. The average Bonchev–Trinajstić information content (AvgIpc) is 2.47. The van der Waals surface area contributed by atoms with Crippen LogP contribution in [0.25, 0.3) is 0 Å². The summed E-state index contributed by atoms with van der Waals surface area (Å²) >= 11 is 0. The highest BCUT2D eigenvalue weighted by Gasteiger charge is 2.23. The van der Waals surface area contributed by atoms with Crippen LogP contribution < -0.4 is 10.2 Å². The lowest BCUT2D eigenvalue weighted by Gasteiger charge is -2.35. The van der Waals surface area contributed by atoms with Gasteiger partial charge < -0.3 is 15.0 Å². The number of rotatable bonds is 6. The second-order valence-corrected chi connectivity index (χ2v) is 6.02. The summed E-state index contributed by atoms with van der Waals surface area (Å²) in [6, 6.07) is 6.70. The maximum Gasteiger partial charge on any atom is 0.128 e. The first-order valence-corrected chi connectivity index (χ1v) is 7.64. The highest BCUT2D eigenvalue weighted by atomic mass is 16.5. The Kier molecular flexibility index (Phi) is 5.38. The SMILES string of the molecule is CCOC(C)(C)CNC1CCN(c2ccccn2)CC1. The maximum absolute atomic E-state index is 5.73. The standard InChI is InChI=1S/C16H27N3O/c1-4-20-16(2,3)13-18-14-8-11-19(12-9-14)15-7-5-6-10-17-15/h5-7,10,14,18H,4,8-9,11-13H2,1-3H3. The molecule has 2 rings (SSSR count). The van der Waals surface area contributed by atoms with Crippen molar-refractivity contribution in [2.45, 2.75) is 45.3 Å². The van der Waals surface area contributed by atoms with Gasteiger partial charge in [-0.25, -0.2) is 4.98 Å². The molecule has 0 atom stereocenters. The predicted molar refractivity (Wildman–Crippen MR) is 83.2 cm³/mol. The predicted octanol–water partition coefficient (Wildman–Crippen LogP) is 2.46. The van der Waals surface area contributed by atoms with Gasteiger partial charge in [0.2, 0.25) is 0 Å². The van der Waals surface area contributed by atoms with Crippen LogP contribution in [0.5, 0.6) is 0 Å². The number of hydrogen-bond donors (Lipinski definition) is 1. The smallest absolute Gasteiger partial charge is 0.128 e. The van der Waals surface area contributed by atoms with E-state index in [9.17, 15) is 0 Å². The van der Waals surface area contributed by atoms with Crippen molar-refractivity contribution in [2.75, 3.05) is 31.1 Å². The summed E-state index contributed by atoms with van der Waals surface area (Å²) in [7, 11) is 0. The molecule has 1 aromatic rings. The van der Waals surface area contributed by atoms with Gasteiger partial charge in [0, 0.05) is 38.5 Å². The van der Waals surface area contributed by atoms with E-state index in [0.717, 1.165) is 32.1 Å². The Morgan fingerprint density at radius 1 is 1.35 bits per heavy atom. The third kappa shape index (κ3) is 4.46. The van der Waals surface area contributed by atoms with E-state index >= 15 is 0 Å². The molecule has 0 aliphatic carbocycles. The fraction of sp³-hybridized carbons (Fsp3) is 0.688. The molecular formula is C16H27N3O. The Labute approximate surface area is 122 Å². The van der Waals surface area contributed by atoms with Gasteiger partial charge in [0.25, 0.3) is 0 Å². The average molecular weight is 277 g/mol. The van der Waals surface area contributed by atoms with Gasteiger partial charge in [-0.15, -0.1) is 0 Å². The number of anilines is 1. The second-order valence-electron chi connectivity index (χ2n) is 6.02. The molecule has 1 fully saturated rings. The largest absolute Gasteiger partial charge is 0.375 e. The molecule has 1 saturated heterocycles. The van der Waals surface area contributed by atoms with Crippen LogP contribution in [-0.4, -0.2) is 42.9 Å². The number of aromatic nitrogens is 1. The van der Waals surface area contributed by atoms with Crippen LogP contribution in [0, 0.1) is 0 Å². The molecule has 0 saturated carbocycles. The maximum atomic E-state index is 5.73. The fourth-order valence-electron chi connectivity index (χ4n) is 2.69. The first kappa shape index (κ1) is 15.3. The quantitative estimate of drug-likeness (QED) is 0.866. The molecule has 112 valence electrons. The van der Waals surface area contributed by atoms with Gasteiger partial charge in [-0.3, -0.25) is 0 Å². The summed E-state index contributed by atoms with van der Waals surface area (Å²) in [6.45, 7) is 10.2. The third-order valence-corrected chi connectivity index (χ3v) is 3.82. The van der Waals surface area contributed by atoms with Gasteiger partial charge in [0.05, 0.1) is 5.60 Å². The first-order chi connectivity index (χ1) is 9.61. The molecule has 1 aliphatic heterocycles. The molecule has 0 unspecified atom stereocenters. The zero-order valence-electron chi connectivity index (χ0n) is 12.9. The number of hydrogen-bond acceptors (Lipinski definition) is 4. The Balaban J connectivity index is 1.75. The number of nitrogens with zero attached hydrogens (tertiary/aromatic N) is 2. The molecule has 1 aromatic heterocycles. The molecule has 0 aromatic carbocycles. The summed E-state index contributed by atoms with van der Waals surface area (Å²) in [6.07, 6.45) is 4.20. The second kappa shape index (κ2) is 7.04. The molecule has 0 amide bonds. The van der Waals surface area contributed by atoms with Crippen molar-refractivity contribution in [1.82, 2.24) is 10.3 Å². The molecule has 1 N–H and O–H groups in total. The lowest BCUT2D eigenvalue weighted by molar-refractivity contribution is -0.0110. The van der Waals surface area contributed by atoms with Crippen molar-refractivity contribution in [3.05, 3.63) is 24.4 Å². The van der Waals surface area contributed by atoms with Crippen LogP contribution in [0.4, 0.5) is 5.82 Å². The van der Waals surface area contributed by atoms with E-state index in [0.29, 0.717) is 6.04 Å². The molecular weight excluding hydrogens is 250 g/mol.